The monoisotopic (exact) mass is 334 g/mol. The molecule has 24 heavy (non-hydrogen) atoms. The minimum absolute atomic E-state index is 0.172. The van der Waals surface area contributed by atoms with Gasteiger partial charge in [-0.1, -0.05) is 0 Å². The Kier molecular flexibility index (Phi) is 5.77. The first-order valence-electron chi connectivity index (χ1n) is 8.42. The lowest BCUT2D eigenvalue weighted by molar-refractivity contribution is -0.0160. The molecule has 0 aromatic heterocycles. The molecule has 1 atom stereocenters. The van der Waals surface area contributed by atoms with E-state index in [1.54, 1.807) is 7.05 Å². The lowest BCUT2D eigenvalue weighted by Gasteiger charge is -2.30. The van der Waals surface area contributed by atoms with Crippen LogP contribution in [0.15, 0.2) is 23.2 Å². The summed E-state index contributed by atoms with van der Waals surface area (Å²) in [6.45, 7) is 4.77. The van der Waals surface area contributed by atoms with Crippen molar-refractivity contribution >= 4 is 11.6 Å². The van der Waals surface area contributed by atoms with Crippen LogP contribution in [0.1, 0.15) is 6.42 Å². The molecule has 2 aliphatic heterocycles. The largest absolute Gasteiger partial charge is 0.490 e. The van der Waals surface area contributed by atoms with E-state index in [0.717, 1.165) is 43.3 Å². The highest BCUT2D eigenvalue weighted by atomic mass is 16.5. The maximum Gasteiger partial charge on any atom is 0.195 e. The Morgan fingerprint density at radius 3 is 2.88 bits per heavy atom. The van der Waals surface area contributed by atoms with E-state index in [9.17, 15) is 0 Å². The number of benzene rings is 1. The fourth-order valence-corrected chi connectivity index (χ4v) is 2.76. The van der Waals surface area contributed by atoms with E-state index in [2.05, 4.69) is 27.6 Å². The zero-order valence-electron chi connectivity index (χ0n) is 14.4. The van der Waals surface area contributed by atoms with Crippen molar-refractivity contribution in [3.8, 4) is 11.5 Å². The first-order chi connectivity index (χ1) is 11.7. The number of hydrogen-bond donors (Lipinski definition) is 2. The number of guanidine groups is 1. The van der Waals surface area contributed by atoms with Gasteiger partial charge in [-0.3, -0.25) is 4.99 Å². The highest BCUT2D eigenvalue weighted by Crippen LogP contribution is 2.32. The molecule has 7 heteroatoms. The lowest BCUT2D eigenvalue weighted by atomic mass is 10.2. The summed E-state index contributed by atoms with van der Waals surface area (Å²) < 4.78 is 17.1. The van der Waals surface area contributed by atoms with Gasteiger partial charge in [0.1, 0.15) is 0 Å². The van der Waals surface area contributed by atoms with Crippen LogP contribution in [-0.2, 0) is 4.74 Å². The summed E-state index contributed by atoms with van der Waals surface area (Å²) >= 11 is 0. The molecule has 1 aromatic carbocycles. The zero-order valence-corrected chi connectivity index (χ0v) is 14.4. The minimum Gasteiger partial charge on any atom is -0.490 e. The number of nitrogens with zero attached hydrogens (tertiary/aromatic N) is 2. The summed E-state index contributed by atoms with van der Waals surface area (Å²) in [5, 5.41) is 6.60. The van der Waals surface area contributed by atoms with Gasteiger partial charge in [0, 0.05) is 44.9 Å². The summed E-state index contributed by atoms with van der Waals surface area (Å²) in [5.74, 6) is 2.27. The van der Waals surface area contributed by atoms with Gasteiger partial charge in [-0.05, 0) is 19.2 Å². The second kappa shape index (κ2) is 8.21. The number of hydrogen-bond acceptors (Lipinski definition) is 5. The fraction of sp³-hybridized carbons (Fsp3) is 0.588. The molecule has 0 spiro atoms. The van der Waals surface area contributed by atoms with Crippen molar-refractivity contribution < 1.29 is 14.2 Å². The molecule has 2 N–H and O–H groups in total. The van der Waals surface area contributed by atoms with Crippen LogP contribution in [0.4, 0.5) is 5.69 Å². The van der Waals surface area contributed by atoms with Gasteiger partial charge in [-0.2, -0.15) is 0 Å². The van der Waals surface area contributed by atoms with Gasteiger partial charge < -0.3 is 29.7 Å². The second-order valence-corrected chi connectivity index (χ2v) is 6.05. The van der Waals surface area contributed by atoms with E-state index in [1.165, 1.54) is 0 Å². The normalized spacial score (nSPS) is 21.9. The van der Waals surface area contributed by atoms with Crippen molar-refractivity contribution in [1.29, 1.82) is 0 Å². The molecule has 1 unspecified atom stereocenters. The first-order valence-corrected chi connectivity index (χ1v) is 8.42. The van der Waals surface area contributed by atoms with Gasteiger partial charge in [0.05, 0.1) is 25.9 Å². The molecule has 0 bridgehead atoms. The third kappa shape index (κ3) is 4.52. The molecule has 1 saturated heterocycles. The van der Waals surface area contributed by atoms with Crippen molar-refractivity contribution in [2.45, 2.75) is 12.5 Å². The maximum absolute atomic E-state index is 5.76. The average molecular weight is 334 g/mol. The molecule has 1 aromatic rings. The molecule has 2 heterocycles. The van der Waals surface area contributed by atoms with Crippen LogP contribution in [0.25, 0.3) is 0 Å². The molecular formula is C17H26N4O3. The first kappa shape index (κ1) is 16.9. The minimum atomic E-state index is 0.172. The van der Waals surface area contributed by atoms with E-state index in [1.807, 2.05) is 18.2 Å². The van der Waals surface area contributed by atoms with Crippen LogP contribution in [0, 0.1) is 0 Å². The topological polar surface area (TPSA) is 67.4 Å². The number of fused-ring (bicyclic) bond motifs is 1. The van der Waals surface area contributed by atoms with Crippen LogP contribution in [0.3, 0.4) is 0 Å². The molecular weight excluding hydrogens is 308 g/mol. The van der Waals surface area contributed by atoms with Crippen LogP contribution < -0.4 is 20.1 Å². The van der Waals surface area contributed by atoms with E-state index >= 15 is 0 Å². The number of aliphatic imine (C=N–C) groups is 1. The van der Waals surface area contributed by atoms with Crippen molar-refractivity contribution in [3.63, 3.8) is 0 Å². The predicted molar refractivity (Wildman–Crippen MR) is 94.3 cm³/mol. The van der Waals surface area contributed by atoms with E-state index in [4.69, 9.17) is 14.2 Å². The summed E-state index contributed by atoms with van der Waals surface area (Å²) in [6.07, 6.45) is 1.07. The van der Waals surface area contributed by atoms with E-state index < -0.39 is 0 Å². The Labute approximate surface area is 143 Å². The molecule has 0 amide bonds. The van der Waals surface area contributed by atoms with Crippen molar-refractivity contribution in [2.24, 2.45) is 4.99 Å². The second-order valence-electron chi connectivity index (χ2n) is 6.05. The van der Waals surface area contributed by atoms with Crippen LogP contribution in [0.5, 0.6) is 11.5 Å². The van der Waals surface area contributed by atoms with Gasteiger partial charge in [-0.15, -0.1) is 0 Å². The Balaban J connectivity index is 1.56. The number of ether oxygens (including phenoxy) is 3. The third-order valence-corrected chi connectivity index (χ3v) is 4.07. The van der Waals surface area contributed by atoms with Crippen molar-refractivity contribution in [1.82, 2.24) is 10.2 Å². The Morgan fingerprint density at radius 1 is 1.25 bits per heavy atom. The Morgan fingerprint density at radius 2 is 2.08 bits per heavy atom. The average Bonchev–Trinajstić information content (AvgIpc) is 2.83. The maximum atomic E-state index is 5.76. The SMILES string of the molecule is CN=C(NCC1CN(C)CCO1)Nc1ccc2c(c1)OCCCO2. The quantitative estimate of drug-likeness (QED) is 0.639. The summed E-state index contributed by atoms with van der Waals surface area (Å²) in [5.41, 5.74) is 0.911. The van der Waals surface area contributed by atoms with Crippen molar-refractivity contribution in [3.05, 3.63) is 18.2 Å². The fourth-order valence-electron chi connectivity index (χ4n) is 2.76. The molecule has 0 radical (unpaired) electrons. The number of morpholine rings is 1. The number of anilines is 1. The van der Waals surface area contributed by atoms with Crippen LogP contribution in [-0.4, -0.2) is 70.5 Å². The van der Waals surface area contributed by atoms with Gasteiger partial charge in [0.25, 0.3) is 0 Å². The van der Waals surface area contributed by atoms with E-state index in [-0.39, 0.29) is 6.10 Å². The summed E-state index contributed by atoms with van der Waals surface area (Å²) in [6, 6.07) is 5.83. The van der Waals surface area contributed by atoms with Crippen LogP contribution >= 0.6 is 0 Å². The van der Waals surface area contributed by atoms with Crippen LogP contribution in [0.2, 0.25) is 0 Å². The summed E-state index contributed by atoms with van der Waals surface area (Å²) in [7, 11) is 3.87. The Bertz CT molecular complexity index is 579. The van der Waals surface area contributed by atoms with Gasteiger partial charge >= 0.3 is 0 Å². The lowest BCUT2D eigenvalue weighted by Crippen LogP contribution is -2.47. The number of nitrogens with one attached hydrogen (secondary N) is 2. The smallest absolute Gasteiger partial charge is 0.195 e. The molecule has 3 rings (SSSR count). The number of likely N-dealkylation sites (N-methyl/N-ethyl adjacent to an activating group) is 1. The highest BCUT2D eigenvalue weighted by Gasteiger charge is 2.18. The molecule has 0 aliphatic carbocycles. The van der Waals surface area contributed by atoms with Gasteiger partial charge in [0.2, 0.25) is 0 Å². The van der Waals surface area contributed by atoms with E-state index in [0.29, 0.717) is 25.7 Å². The molecule has 132 valence electrons. The zero-order chi connectivity index (χ0) is 16.8. The van der Waals surface area contributed by atoms with Gasteiger partial charge in [-0.25, -0.2) is 0 Å². The molecule has 1 fully saturated rings. The standard InChI is InChI=1S/C17H26N4O3/c1-18-17(19-11-14-12-21(2)6-9-22-14)20-13-4-5-15-16(10-13)24-8-3-7-23-15/h4-5,10,14H,3,6-9,11-12H2,1-2H3,(H2,18,19,20). The number of rotatable bonds is 3. The molecule has 2 aliphatic rings. The molecule has 0 saturated carbocycles. The third-order valence-electron chi connectivity index (χ3n) is 4.07. The van der Waals surface area contributed by atoms with Gasteiger partial charge in [0.15, 0.2) is 17.5 Å². The highest BCUT2D eigenvalue weighted by molar-refractivity contribution is 5.93. The summed E-state index contributed by atoms with van der Waals surface area (Å²) in [4.78, 5) is 6.54. The Hall–Kier alpha value is -1.99. The molecule has 7 nitrogen and oxygen atoms in total. The predicted octanol–water partition coefficient (Wildman–Crippen LogP) is 1.17. The van der Waals surface area contributed by atoms with Crippen molar-refractivity contribution in [2.75, 3.05) is 58.9 Å².